The van der Waals surface area contributed by atoms with Crippen molar-refractivity contribution in [3.63, 3.8) is 0 Å². The second-order valence-electron chi connectivity index (χ2n) is 8.28. The summed E-state index contributed by atoms with van der Waals surface area (Å²) in [4.78, 5) is 13.0. The van der Waals surface area contributed by atoms with Crippen LogP contribution in [0.4, 0.5) is 0 Å². The number of nitrogens with zero attached hydrogens (tertiary/aromatic N) is 4. The highest BCUT2D eigenvalue weighted by atomic mass is 32.2. The molecule has 3 aromatic rings. The van der Waals surface area contributed by atoms with Crippen LogP contribution in [0.5, 0.6) is 0 Å². The Morgan fingerprint density at radius 3 is 2.55 bits per heavy atom. The van der Waals surface area contributed by atoms with Crippen molar-refractivity contribution in [2.45, 2.75) is 63.2 Å². The first kappa shape index (κ1) is 18.7. The molecule has 5 rings (SSSR count). The average molecular weight is 407 g/mol. The molecule has 2 aliphatic carbocycles. The summed E-state index contributed by atoms with van der Waals surface area (Å²) in [6, 6.07) is 13.0. The van der Waals surface area contributed by atoms with Gasteiger partial charge in [-0.1, -0.05) is 42.1 Å². The van der Waals surface area contributed by atoms with E-state index < -0.39 is 0 Å². The fourth-order valence-corrected chi connectivity index (χ4v) is 4.88. The summed E-state index contributed by atoms with van der Waals surface area (Å²) < 4.78 is 4.54. The predicted octanol–water partition coefficient (Wildman–Crippen LogP) is 4.93. The van der Waals surface area contributed by atoms with Gasteiger partial charge in [0.25, 0.3) is 0 Å². The Morgan fingerprint density at radius 1 is 1.10 bits per heavy atom. The average Bonchev–Trinajstić information content (AvgIpc) is 3.66. The van der Waals surface area contributed by atoms with Crippen molar-refractivity contribution >= 4 is 17.5 Å². The molecule has 0 unspecified atom stereocenters. The number of hydrogen-bond acceptors (Lipinski definition) is 4. The van der Waals surface area contributed by atoms with Gasteiger partial charge in [0.05, 0.1) is 5.75 Å². The van der Waals surface area contributed by atoms with Crippen molar-refractivity contribution in [2.75, 3.05) is 5.75 Å². The Labute approximate surface area is 175 Å². The highest BCUT2D eigenvalue weighted by Gasteiger charge is 2.36. The molecule has 0 bridgehead atoms. The van der Waals surface area contributed by atoms with Crippen LogP contribution in [0.15, 0.2) is 41.6 Å². The van der Waals surface area contributed by atoms with Crippen LogP contribution >= 0.6 is 11.8 Å². The van der Waals surface area contributed by atoms with Crippen LogP contribution in [-0.2, 0) is 6.54 Å². The number of Topliss-reactive ketones (excluding diaryl/α,β-unsaturated/α-hetero) is 1. The molecule has 0 atom stereocenters. The fourth-order valence-electron chi connectivity index (χ4n) is 3.98. The van der Waals surface area contributed by atoms with E-state index in [9.17, 15) is 4.79 Å². The summed E-state index contributed by atoms with van der Waals surface area (Å²) in [6.07, 6.45) is 4.86. The lowest BCUT2D eigenvalue weighted by Gasteiger charge is -2.10. The topological polar surface area (TPSA) is 52.7 Å². The van der Waals surface area contributed by atoms with Gasteiger partial charge in [0.15, 0.2) is 10.9 Å². The van der Waals surface area contributed by atoms with Crippen LogP contribution in [0, 0.1) is 13.8 Å². The van der Waals surface area contributed by atoms with Gasteiger partial charge >= 0.3 is 0 Å². The van der Waals surface area contributed by atoms with Gasteiger partial charge in [-0.25, -0.2) is 0 Å². The highest BCUT2D eigenvalue weighted by molar-refractivity contribution is 7.99. The smallest absolute Gasteiger partial charge is 0.191 e. The maximum absolute atomic E-state index is 13.0. The molecular weight excluding hydrogens is 380 g/mol. The zero-order valence-corrected chi connectivity index (χ0v) is 17.8. The van der Waals surface area contributed by atoms with Crippen LogP contribution in [0.25, 0.3) is 0 Å². The SMILES string of the molecule is Cc1cc(C(=O)CSc2nnc(C3CC3)n2C2CC2)c(C)n1Cc1ccccc1. The van der Waals surface area contributed by atoms with Gasteiger partial charge in [-0.2, -0.15) is 0 Å². The molecule has 0 amide bonds. The molecule has 0 N–H and O–H groups in total. The predicted molar refractivity (Wildman–Crippen MR) is 115 cm³/mol. The Morgan fingerprint density at radius 2 is 1.86 bits per heavy atom. The molecule has 2 aliphatic rings. The van der Waals surface area contributed by atoms with E-state index in [0.717, 1.165) is 34.5 Å². The number of benzene rings is 1. The van der Waals surface area contributed by atoms with Crippen LogP contribution in [0.3, 0.4) is 0 Å². The summed E-state index contributed by atoms with van der Waals surface area (Å²) in [5, 5.41) is 9.79. The van der Waals surface area contributed by atoms with Crippen molar-refractivity contribution in [2.24, 2.45) is 0 Å². The number of ketones is 1. The molecule has 0 radical (unpaired) electrons. The monoisotopic (exact) mass is 406 g/mol. The van der Waals surface area contributed by atoms with E-state index in [1.807, 2.05) is 19.1 Å². The van der Waals surface area contributed by atoms with Crippen LogP contribution in [-0.4, -0.2) is 30.9 Å². The third-order valence-electron chi connectivity index (χ3n) is 5.94. The van der Waals surface area contributed by atoms with Gasteiger partial charge in [0.2, 0.25) is 0 Å². The number of aromatic nitrogens is 4. The molecule has 2 fully saturated rings. The summed E-state index contributed by atoms with van der Waals surface area (Å²) in [6.45, 7) is 4.91. The minimum atomic E-state index is 0.167. The van der Waals surface area contributed by atoms with E-state index in [4.69, 9.17) is 0 Å². The van der Waals surface area contributed by atoms with Gasteiger partial charge < -0.3 is 9.13 Å². The van der Waals surface area contributed by atoms with Gasteiger partial charge in [0.1, 0.15) is 5.82 Å². The van der Waals surface area contributed by atoms with E-state index in [1.165, 1.54) is 31.2 Å². The first-order chi connectivity index (χ1) is 14.1. The third kappa shape index (κ3) is 3.78. The molecule has 1 aromatic carbocycles. The van der Waals surface area contributed by atoms with Gasteiger partial charge in [-0.3, -0.25) is 4.79 Å². The lowest BCUT2D eigenvalue weighted by molar-refractivity contribution is 0.102. The zero-order valence-electron chi connectivity index (χ0n) is 17.0. The van der Waals surface area contributed by atoms with Gasteiger partial charge in [-0.15, -0.1) is 10.2 Å². The lowest BCUT2D eigenvalue weighted by atomic mass is 10.2. The van der Waals surface area contributed by atoms with Gasteiger partial charge in [0, 0.05) is 35.5 Å². The van der Waals surface area contributed by atoms with Crippen molar-refractivity contribution in [1.82, 2.24) is 19.3 Å². The van der Waals surface area contributed by atoms with E-state index >= 15 is 0 Å². The summed E-state index contributed by atoms with van der Waals surface area (Å²) in [5.74, 6) is 2.31. The zero-order chi connectivity index (χ0) is 20.0. The summed E-state index contributed by atoms with van der Waals surface area (Å²) in [5.41, 5.74) is 4.23. The van der Waals surface area contributed by atoms with E-state index in [2.05, 4.69) is 50.5 Å². The third-order valence-corrected chi connectivity index (χ3v) is 6.88. The van der Waals surface area contributed by atoms with Crippen LogP contribution in [0.1, 0.15) is 70.8 Å². The molecule has 2 aromatic heterocycles. The molecule has 5 nitrogen and oxygen atoms in total. The first-order valence-electron chi connectivity index (χ1n) is 10.4. The van der Waals surface area contributed by atoms with Crippen LogP contribution in [0.2, 0.25) is 0 Å². The van der Waals surface area contributed by atoms with E-state index in [1.54, 1.807) is 11.8 Å². The van der Waals surface area contributed by atoms with Crippen LogP contribution < -0.4 is 0 Å². The number of rotatable bonds is 8. The van der Waals surface area contributed by atoms with Crippen molar-refractivity contribution in [3.8, 4) is 0 Å². The molecule has 0 spiro atoms. The molecule has 29 heavy (non-hydrogen) atoms. The Kier molecular flexibility index (Phi) is 4.82. The molecule has 0 saturated heterocycles. The summed E-state index contributed by atoms with van der Waals surface area (Å²) >= 11 is 1.54. The number of hydrogen-bond donors (Lipinski definition) is 0. The van der Waals surface area contributed by atoms with Crippen molar-refractivity contribution < 1.29 is 4.79 Å². The number of carbonyl (C=O) groups excluding carboxylic acids is 1. The second kappa shape index (κ2) is 7.48. The van der Waals surface area contributed by atoms with E-state index in [0.29, 0.717) is 17.7 Å². The molecule has 2 saturated carbocycles. The minimum Gasteiger partial charge on any atom is -0.344 e. The van der Waals surface area contributed by atoms with E-state index in [-0.39, 0.29) is 5.78 Å². The normalized spacial score (nSPS) is 16.3. The Bertz CT molecular complexity index is 1040. The first-order valence-corrected chi connectivity index (χ1v) is 11.4. The summed E-state index contributed by atoms with van der Waals surface area (Å²) in [7, 11) is 0. The van der Waals surface area contributed by atoms with Gasteiger partial charge in [-0.05, 0) is 51.2 Å². The maximum Gasteiger partial charge on any atom is 0.191 e. The Hall–Kier alpha value is -2.34. The molecular formula is C23H26N4OS. The maximum atomic E-state index is 13.0. The fraction of sp³-hybridized carbons (Fsp3) is 0.435. The van der Waals surface area contributed by atoms with Crippen molar-refractivity contribution in [3.05, 3.63) is 64.7 Å². The molecule has 150 valence electrons. The standard InChI is InChI=1S/C23H26N4OS/c1-15-12-20(16(2)26(15)13-17-6-4-3-5-7-17)21(28)14-29-23-25-24-22(18-8-9-18)27(23)19-10-11-19/h3-7,12,18-19H,8-11,13-14H2,1-2H3. The Balaban J connectivity index is 1.31. The highest BCUT2D eigenvalue weighted by Crippen LogP contribution is 2.46. The molecule has 6 heteroatoms. The minimum absolute atomic E-state index is 0.167. The van der Waals surface area contributed by atoms with Crippen molar-refractivity contribution in [1.29, 1.82) is 0 Å². The number of aryl methyl sites for hydroxylation is 1. The lowest BCUT2D eigenvalue weighted by Crippen LogP contribution is -2.08. The second-order valence-corrected chi connectivity index (χ2v) is 9.23. The molecule has 0 aliphatic heterocycles. The number of thioether (sulfide) groups is 1. The largest absolute Gasteiger partial charge is 0.344 e. The molecule has 2 heterocycles. The quantitative estimate of drug-likeness (QED) is 0.393. The number of carbonyl (C=O) groups is 1.